The van der Waals surface area contributed by atoms with Crippen LogP contribution in [-0.2, 0) is 0 Å². The van der Waals surface area contributed by atoms with Crippen LogP contribution < -0.4 is 10.1 Å². The van der Waals surface area contributed by atoms with E-state index in [1.54, 1.807) is 0 Å². The lowest BCUT2D eigenvalue weighted by molar-refractivity contribution is 0.109. The van der Waals surface area contributed by atoms with Crippen LogP contribution in [0.4, 0.5) is 8.78 Å². The van der Waals surface area contributed by atoms with Crippen molar-refractivity contribution in [2.45, 2.75) is 12.5 Å². The third kappa shape index (κ3) is 2.87. The quantitative estimate of drug-likeness (QED) is 0.879. The number of oxazole rings is 1. The van der Waals surface area contributed by atoms with Gasteiger partial charge in [-0.05, 0) is 25.1 Å². The first-order chi connectivity index (χ1) is 10.2. The van der Waals surface area contributed by atoms with Crippen LogP contribution in [-0.4, -0.2) is 18.1 Å². The Bertz CT molecular complexity index is 616. The Kier molecular flexibility index (Phi) is 4.07. The predicted octanol–water partition coefficient (Wildman–Crippen LogP) is 3.34. The maximum atomic E-state index is 13.9. The Balaban J connectivity index is 1.93. The molecule has 1 saturated heterocycles. The molecule has 1 aliphatic rings. The monoisotopic (exact) mass is 314 g/mol. The minimum Gasteiger partial charge on any atom is -0.476 e. The van der Waals surface area contributed by atoms with Gasteiger partial charge >= 0.3 is 0 Å². The largest absolute Gasteiger partial charge is 0.476 e. The highest BCUT2D eigenvalue weighted by molar-refractivity contribution is 6.32. The predicted molar refractivity (Wildman–Crippen MR) is 72.2 cm³/mol. The first-order valence-corrected chi connectivity index (χ1v) is 6.95. The minimum absolute atomic E-state index is 0.0439. The summed E-state index contributed by atoms with van der Waals surface area (Å²) in [6.07, 6.45) is 3.10. The average Bonchev–Trinajstić information content (AvgIpc) is 3.16. The molecule has 1 aliphatic heterocycles. The second kappa shape index (κ2) is 5.99. The molecule has 0 spiro atoms. The van der Waals surface area contributed by atoms with Gasteiger partial charge in [0.15, 0.2) is 17.7 Å². The van der Waals surface area contributed by atoms with Gasteiger partial charge in [0.1, 0.15) is 17.1 Å². The minimum atomic E-state index is -0.733. The molecule has 1 aromatic carbocycles. The summed E-state index contributed by atoms with van der Waals surface area (Å²) < 4.78 is 38.3. The van der Waals surface area contributed by atoms with Crippen LogP contribution in [0, 0.1) is 17.6 Å². The highest BCUT2D eigenvalue weighted by Crippen LogP contribution is 2.37. The lowest BCUT2D eigenvalue weighted by Crippen LogP contribution is -2.22. The molecule has 2 heterocycles. The Morgan fingerprint density at radius 3 is 2.86 bits per heavy atom. The third-order valence-electron chi connectivity index (χ3n) is 3.47. The summed E-state index contributed by atoms with van der Waals surface area (Å²) in [6, 6.07) is 1.94. The summed E-state index contributed by atoms with van der Waals surface area (Å²) in [5, 5.41) is 2.81. The third-order valence-corrected chi connectivity index (χ3v) is 3.82. The van der Waals surface area contributed by atoms with Gasteiger partial charge in [-0.1, -0.05) is 11.6 Å². The van der Waals surface area contributed by atoms with Crippen molar-refractivity contribution in [1.82, 2.24) is 10.3 Å². The van der Waals surface area contributed by atoms with Crippen molar-refractivity contribution in [2.75, 3.05) is 13.1 Å². The smallest absolute Gasteiger partial charge is 0.235 e. The number of ether oxygens (including phenoxy) is 1. The number of aromatic nitrogens is 1. The van der Waals surface area contributed by atoms with Crippen molar-refractivity contribution in [2.24, 2.45) is 5.92 Å². The van der Waals surface area contributed by atoms with E-state index in [1.165, 1.54) is 12.5 Å². The van der Waals surface area contributed by atoms with Gasteiger partial charge in [0.25, 0.3) is 0 Å². The molecular formula is C14H13ClF2N2O2. The zero-order valence-corrected chi connectivity index (χ0v) is 11.7. The number of hydrogen-bond acceptors (Lipinski definition) is 4. The van der Waals surface area contributed by atoms with Crippen LogP contribution in [0.1, 0.15) is 18.4 Å². The number of hydrogen-bond donors (Lipinski definition) is 1. The second-order valence-corrected chi connectivity index (χ2v) is 5.21. The Morgan fingerprint density at radius 2 is 2.19 bits per heavy atom. The molecule has 1 unspecified atom stereocenters. The molecule has 0 amide bonds. The maximum Gasteiger partial charge on any atom is 0.235 e. The topological polar surface area (TPSA) is 47.3 Å². The molecule has 4 nitrogen and oxygen atoms in total. The highest BCUT2D eigenvalue weighted by Gasteiger charge is 2.33. The Labute approximate surface area is 125 Å². The van der Waals surface area contributed by atoms with E-state index in [0.29, 0.717) is 12.4 Å². The van der Waals surface area contributed by atoms with Crippen molar-refractivity contribution in [3.63, 3.8) is 0 Å². The molecule has 0 saturated carbocycles. The maximum absolute atomic E-state index is 13.9. The molecule has 3 rings (SSSR count). The molecule has 112 valence electrons. The number of benzene rings is 1. The molecular weight excluding hydrogens is 302 g/mol. The van der Waals surface area contributed by atoms with E-state index in [4.69, 9.17) is 20.8 Å². The molecule has 2 aromatic rings. The molecule has 0 aliphatic carbocycles. The molecule has 21 heavy (non-hydrogen) atoms. The summed E-state index contributed by atoms with van der Waals surface area (Å²) in [6.45, 7) is 1.51. The van der Waals surface area contributed by atoms with Gasteiger partial charge in [0.05, 0.1) is 6.20 Å². The van der Waals surface area contributed by atoms with Crippen LogP contribution in [0.5, 0.6) is 5.75 Å². The van der Waals surface area contributed by atoms with Crippen molar-refractivity contribution in [3.8, 4) is 5.75 Å². The summed E-state index contributed by atoms with van der Waals surface area (Å²) in [7, 11) is 0. The van der Waals surface area contributed by atoms with Gasteiger partial charge in [0, 0.05) is 12.5 Å². The Hall–Kier alpha value is -1.66. The molecule has 0 radical (unpaired) electrons. The molecule has 1 aromatic heterocycles. The van der Waals surface area contributed by atoms with Crippen molar-refractivity contribution in [1.29, 1.82) is 0 Å². The van der Waals surface area contributed by atoms with Crippen molar-refractivity contribution >= 4 is 11.6 Å². The molecule has 2 atom stereocenters. The summed E-state index contributed by atoms with van der Waals surface area (Å²) in [4.78, 5) is 4.06. The van der Waals surface area contributed by atoms with Gasteiger partial charge in [0.2, 0.25) is 5.89 Å². The first kappa shape index (κ1) is 14.3. The molecule has 0 bridgehead atoms. The summed E-state index contributed by atoms with van der Waals surface area (Å²) in [5.74, 6) is -1.40. The van der Waals surface area contributed by atoms with E-state index >= 15 is 0 Å². The zero-order chi connectivity index (χ0) is 14.8. The van der Waals surface area contributed by atoms with Gasteiger partial charge in [-0.15, -0.1) is 0 Å². The molecule has 1 N–H and O–H groups in total. The van der Waals surface area contributed by atoms with Crippen LogP contribution >= 0.6 is 11.6 Å². The fourth-order valence-electron chi connectivity index (χ4n) is 2.40. The van der Waals surface area contributed by atoms with E-state index in [-0.39, 0.29) is 16.7 Å². The van der Waals surface area contributed by atoms with Gasteiger partial charge < -0.3 is 14.5 Å². The normalized spacial score (nSPS) is 19.7. The van der Waals surface area contributed by atoms with E-state index in [9.17, 15) is 8.78 Å². The van der Waals surface area contributed by atoms with Crippen LogP contribution in [0.15, 0.2) is 29.0 Å². The second-order valence-electron chi connectivity index (χ2n) is 4.83. The lowest BCUT2D eigenvalue weighted by atomic mass is 10.0. The van der Waals surface area contributed by atoms with Crippen LogP contribution in [0.3, 0.4) is 0 Å². The molecule has 1 fully saturated rings. The van der Waals surface area contributed by atoms with E-state index in [0.717, 1.165) is 25.1 Å². The number of nitrogens with one attached hydrogen (secondary N) is 1. The average molecular weight is 315 g/mol. The van der Waals surface area contributed by atoms with Crippen LogP contribution in [0.25, 0.3) is 0 Å². The van der Waals surface area contributed by atoms with Crippen molar-refractivity contribution in [3.05, 3.63) is 47.1 Å². The number of halogens is 3. The Morgan fingerprint density at radius 1 is 1.38 bits per heavy atom. The number of rotatable bonds is 4. The standard InChI is InChI=1S/C14H13ClF2N2O2/c15-11-9(16)1-2-10(17)13(11)21-12(8-3-4-18-7-8)14-19-5-6-20-14/h1-2,5-6,8,12,18H,3-4,7H2/t8?,12-/m0/s1. The molecule has 7 heteroatoms. The van der Waals surface area contributed by atoms with Crippen LogP contribution in [0.2, 0.25) is 5.02 Å². The van der Waals surface area contributed by atoms with Gasteiger partial charge in [-0.2, -0.15) is 0 Å². The first-order valence-electron chi connectivity index (χ1n) is 6.57. The zero-order valence-electron chi connectivity index (χ0n) is 11.0. The van der Waals surface area contributed by atoms with Gasteiger partial charge in [-0.3, -0.25) is 0 Å². The van der Waals surface area contributed by atoms with E-state index < -0.39 is 17.7 Å². The fraction of sp³-hybridized carbons (Fsp3) is 0.357. The van der Waals surface area contributed by atoms with Gasteiger partial charge in [-0.25, -0.2) is 13.8 Å². The summed E-state index contributed by atoms with van der Waals surface area (Å²) in [5.41, 5.74) is 0. The summed E-state index contributed by atoms with van der Waals surface area (Å²) >= 11 is 5.80. The lowest BCUT2D eigenvalue weighted by Gasteiger charge is -2.22. The SMILES string of the molecule is Fc1ccc(F)c(O[C@H](c2ncco2)C2CCNC2)c1Cl. The number of nitrogens with zero attached hydrogens (tertiary/aromatic N) is 1. The highest BCUT2D eigenvalue weighted by atomic mass is 35.5. The van der Waals surface area contributed by atoms with Crippen molar-refractivity contribution < 1.29 is 17.9 Å². The fourth-order valence-corrected chi connectivity index (χ4v) is 2.60. The van der Waals surface area contributed by atoms with E-state index in [1.807, 2.05) is 0 Å². The van der Waals surface area contributed by atoms with E-state index in [2.05, 4.69) is 10.3 Å².